The number of halogens is 2. The van der Waals surface area contributed by atoms with Gasteiger partial charge in [0.1, 0.15) is 11.6 Å². The molecule has 2 aromatic carbocycles. The van der Waals surface area contributed by atoms with Gasteiger partial charge < -0.3 is 10.0 Å². The van der Waals surface area contributed by atoms with Gasteiger partial charge in [-0.1, -0.05) is 30.3 Å². The monoisotopic (exact) mass is 484 g/mol. The van der Waals surface area contributed by atoms with Gasteiger partial charge in [0.25, 0.3) is 0 Å². The second-order valence-electron chi connectivity index (χ2n) is 9.31. The molecule has 186 valence electrons. The van der Waals surface area contributed by atoms with Gasteiger partial charge in [-0.3, -0.25) is 9.69 Å². The highest BCUT2D eigenvalue weighted by Gasteiger charge is 2.46. The molecule has 2 aliphatic rings. The number of amides is 2. The van der Waals surface area contributed by atoms with Gasteiger partial charge in [0.2, 0.25) is 5.91 Å². The molecule has 1 N–H and O–H groups in total. The summed E-state index contributed by atoms with van der Waals surface area (Å²) >= 11 is 0. The van der Waals surface area contributed by atoms with Crippen molar-refractivity contribution in [1.82, 2.24) is 14.8 Å². The second kappa shape index (κ2) is 10.1. The Bertz CT molecular complexity index is 1130. The van der Waals surface area contributed by atoms with Crippen LogP contribution in [0.3, 0.4) is 0 Å². The van der Waals surface area contributed by atoms with E-state index < -0.39 is 23.3 Å². The van der Waals surface area contributed by atoms with E-state index in [0.29, 0.717) is 38.2 Å². The number of rotatable bonds is 6. The average molecular weight is 485 g/mol. The molecule has 1 fully saturated rings. The summed E-state index contributed by atoms with van der Waals surface area (Å²) in [5.41, 5.74) is 0.461. The van der Waals surface area contributed by atoms with Crippen LogP contribution < -0.4 is 0 Å². The number of hydrazone groups is 1. The first-order valence-corrected chi connectivity index (χ1v) is 11.8. The summed E-state index contributed by atoms with van der Waals surface area (Å²) in [6, 6.07) is 12.7. The van der Waals surface area contributed by atoms with Crippen LogP contribution in [-0.2, 0) is 10.3 Å². The Hall–Kier alpha value is -3.33. The molecule has 0 aliphatic carbocycles. The highest BCUT2D eigenvalue weighted by molar-refractivity contribution is 6.03. The topological polar surface area (TPSA) is 76.5 Å². The lowest BCUT2D eigenvalue weighted by atomic mass is 9.80. The van der Waals surface area contributed by atoms with Crippen molar-refractivity contribution >= 4 is 17.7 Å². The molecule has 35 heavy (non-hydrogen) atoms. The smallest absolute Gasteiger partial charge is 0.407 e. The lowest BCUT2D eigenvalue weighted by Crippen LogP contribution is -2.53. The van der Waals surface area contributed by atoms with Gasteiger partial charge in [-0.15, -0.1) is 0 Å². The van der Waals surface area contributed by atoms with Crippen LogP contribution in [0.15, 0.2) is 53.6 Å². The number of benzene rings is 2. The van der Waals surface area contributed by atoms with Crippen LogP contribution in [0.4, 0.5) is 13.6 Å². The minimum Gasteiger partial charge on any atom is -0.465 e. The van der Waals surface area contributed by atoms with Gasteiger partial charge in [0, 0.05) is 44.6 Å². The molecule has 7 nitrogen and oxygen atoms in total. The summed E-state index contributed by atoms with van der Waals surface area (Å²) in [7, 11) is 0. The van der Waals surface area contributed by atoms with Gasteiger partial charge in [-0.25, -0.2) is 18.6 Å². The Morgan fingerprint density at radius 3 is 2.54 bits per heavy atom. The van der Waals surface area contributed by atoms with Crippen molar-refractivity contribution in [2.45, 2.75) is 44.7 Å². The molecule has 2 heterocycles. The fourth-order valence-electron chi connectivity index (χ4n) is 5.27. The zero-order valence-electron chi connectivity index (χ0n) is 20.0. The maximum absolute atomic E-state index is 14.6. The number of piperazine rings is 1. The summed E-state index contributed by atoms with van der Waals surface area (Å²) in [4.78, 5) is 27.8. The van der Waals surface area contributed by atoms with Crippen LogP contribution in [-0.4, -0.2) is 69.8 Å². The van der Waals surface area contributed by atoms with Crippen molar-refractivity contribution in [1.29, 1.82) is 0 Å². The highest BCUT2D eigenvalue weighted by Crippen LogP contribution is 2.43. The molecule has 0 saturated carbocycles. The second-order valence-corrected chi connectivity index (χ2v) is 9.31. The average Bonchev–Trinajstić information content (AvgIpc) is 3.22. The standard InChI is InChI=1S/C26H30F2N4O3/c1-18-17-30(13-14-31(18)25(34)35)12-6-11-26(20-7-4-3-5-8-20)16-24(29-32(26)19(2)33)22-15-21(27)9-10-23(22)28/h3-5,7-10,15,18H,6,11-14,16-17H2,1-2H3,(H,34,35)/t18?,26-/m0/s1. The van der Waals surface area contributed by atoms with E-state index in [1.807, 2.05) is 37.3 Å². The molecule has 2 atom stereocenters. The van der Waals surface area contributed by atoms with E-state index in [0.717, 1.165) is 30.3 Å². The molecule has 2 aromatic rings. The van der Waals surface area contributed by atoms with Gasteiger partial charge in [-0.05, 0) is 50.1 Å². The SMILES string of the molecule is CC(=O)N1N=C(c2cc(F)ccc2F)C[C@@]1(CCCN1CCN(C(=O)O)C(C)C1)c1ccccc1. The Morgan fingerprint density at radius 2 is 1.89 bits per heavy atom. The first-order valence-electron chi connectivity index (χ1n) is 11.8. The third-order valence-corrected chi connectivity index (χ3v) is 6.96. The van der Waals surface area contributed by atoms with E-state index in [1.54, 1.807) is 0 Å². The largest absolute Gasteiger partial charge is 0.465 e. The quantitative estimate of drug-likeness (QED) is 0.664. The molecule has 1 unspecified atom stereocenters. The molecule has 0 spiro atoms. The summed E-state index contributed by atoms with van der Waals surface area (Å²) < 4.78 is 28.6. The van der Waals surface area contributed by atoms with E-state index in [2.05, 4.69) is 10.0 Å². The summed E-state index contributed by atoms with van der Waals surface area (Å²) in [6.45, 7) is 5.78. The third kappa shape index (κ3) is 5.05. The Balaban J connectivity index is 1.58. The Morgan fingerprint density at radius 1 is 1.14 bits per heavy atom. The van der Waals surface area contributed by atoms with Crippen LogP contribution in [0, 0.1) is 11.6 Å². The maximum atomic E-state index is 14.6. The van der Waals surface area contributed by atoms with E-state index in [9.17, 15) is 23.5 Å². The maximum Gasteiger partial charge on any atom is 0.407 e. The molecule has 4 rings (SSSR count). The Kier molecular flexibility index (Phi) is 7.16. The lowest BCUT2D eigenvalue weighted by molar-refractivity contribution is -0.135. The number of carbonyl (C=O) groups excluding carboxylic acids is 1. The van der Waals surface area contributed by atoms with Crippen LogP contribution in [0.1, 0.15) is 44.2 Å². The van der Waals surface area contributed by atoms with Crippen molar-refractivity contribution in [2.24, 2.45) is 5.10 Å². The van der Waals surface area contributed by atoms with E-state index in [4.69, 9.17) is 0 Å². The van der Waals surface area contributed by atoms with Crippen molar-refractivity contribution in [3.8, 4) is 0 Å². The molecular weight excluding hydrogens is 454 g/mol. The van der Waals surface area contributed by atoms with E-state index >= 15 is 0 Å². The van der Waals surface area contributed by atoms with Gasteiger partial charge in [-0.2, -0.15) is 5.10 Å². The molecule has 0 bridgehead atoms. The van der Waals surface area contributed by atoms with E-state index in [-0.39, 0.29) is 23.9 Å². The molecule has 0 radical (unpaired) electrons. The molecule has 9 heteroatoms. The van der Waals surface area contributed by atoms with Crippen LogP contribution in [0.5, 0.6) is 0 Å². The fraction of sp³-hybridized carbons (Fsp3) is 0.423. The normalized spacial score (nSPS) is 22.9. The third-order valence-electron chi connectivity index (χ3n) is 6.96. The number of carbonyl (C=O) groups is 2. The first-order chi connectivity index (χ1) is 16.7. The van der Waals surface area contributed by atoms with Crippen molar-refractivity contribution < 1.29 is 23.5 Å². The van der Waals surface area contributed by atoms with Crippen LogP contribution in [0.2, 0.25) is 0 Å². The molecular formula is C26H30F2N4O3. The van der Waals surface area contributed by atoms with Crippen molar-refractivity contribution in [3.63, 3.8) is 0 Å². The van der Waals surface area contributed by atoms with Crippen LogP contribution >= 0.6 is 0 Å². The minimum absolute atomic E-state index is 0.0627. The summed E-state index contributed by atoms with van der Waals surface area (Å²) in [6.07, 6.45) is 0.638. The molecule has 2 amide bonds. The molecule has 0 aromatic heterocycles. The summed E-state index contributed by atoms with van der Waals surface area (Å²) in [5, 5.41) is 15.2. The van der Waals surface area contributed by atoms with Crippen molar-refractivity contribution in [2.75, 3.05) is 26.2 Å². The predicted molar refractivity (Wildman–Crippen MR) is 128 cm³/mol. The van der Waals surface area contributed by atoms with Crippen LogP contribution in [0.25, 0.3) is 0 Å². The minimum atomic E-state index is -0.905. The number of carboxylic acid groups (broad SMARTS) is 1. The van der Waals surface area contributed by atoms with Gasteiger partial charge in [0.15, 0.2) is 0 Å². The first kappa shape index (κ1) is 24.8. The van der Waals surface area contributed by atoms with Gasteiger partial charge >= 0.3 is 6.09 Å². The fourth-order valence-corrected chi connectivity index (χ4v) is 5.27. The van der Waals surface area contributed by atoms with Crippen molar-refractivity contribution in [3.05, 3.63) is 71.3 Å². The summed E-state index contributed by atoms with van der Waals surface area (Å²) in [5.74, 6) is -1.42. The zero-order valence-corrected chi connectivity index (χ0v) is 20.0. The molecule has 2 aliphatic heterocycles. The lowest BCUT2D eigenvalue weighted by Gasteiger charge is -2.40. The predicted octanol–water partition coefficient (Wildman–Crippen LogP) is 4.28. The number of hydrogen-bond acceptors (Lipinski definition) is 4. The zero-order chi connectivity index (χ0) is 25.2. The Labute approximate surface area is 203 Å². The van der Waals surface area contributed by atoms with E-state index in [1.165, 1.54) is 16.8 Å². The van der Waals surface area contributed by atoms with Gasteiger partial charge in [0.05, 0.1) is 11.3 Å². The number of nitrogens with zero attached hydrogens (tertiary/aromatic N) is 4. The molecule has 1 saturated heterocycles. The highest BCUT2D eigenvalue weighted by atomic mass is 19.1. The number of hydrogen-bond donors (Lipinski definition) is 1.